The van der Waals surface area contributed by atoms with E-state index in [1.54, 1.807) is 18.2 Å². The number of fused-ring (bicyclic) bond motifs is 1. The fourth-order valence-corrected chi connectivity index (χ4v) is 2.66. The lowest BCUT2D eigenvalue weighted by molar-refractivity contribution is -0.149. The van der Waals surface area contributed by atoms with Gasteiger partial charge in [0.05, 0.1) is 12.6 Å². The zero-order valence-electron chi connectivity index (χ0n) is 13.2. The lowest BCUT2D eigenvalue weighted by atomic mass is 9.89. The fourth-order valence-electron chi connectivity index (χ4n) is 2.66. The smallest absolute Gasteiger partial charge is 0.319 e. The van der Waals surface area contributed by atoms with Crippen molar-refractivity contribution < 1.29 is 28.5 Å². The van der Waals surface area contributed by atoms with Crippen LogP contribution in [0.5, 0.6) is 11.5 Å². The second kappa shape index (κ2) is 6.79. The van der Waals surface area contributed by atoms with Gasteiger partial charge in [0, 0.05) is 12.8 Å². The number of hydrogen-bond acceptors (Lipinski definition) is 6. The van der Waals surface area contributed by atoms with Gasteiger partial charge in [-0.05, 0) is 17.7 Å². The summed E-state index contributed by atoms with van der Waals surface area (Å²) in [6.45, 7) is 4.35. The van der Waals surface area contributed by atoms with E-state index in [1.807, 2.05) is 0 Å². The number of nitrogens with one attached hydrogen (secondary N) is 2. The molecule has 24 heavy (non-hydrogen) atoms. The van der Waals surface area contributed by atoms with Gasteiger partial charge >= 0.3 is 12.0 Å². The minimum atomic E-state index is -0.764. The average Bonchev–Trinajstić information content (AvgIpc) is 3.01. The van der Waals surface area contributed by atoms with Gasteiger partial charge in [-0.3, -0.25) is 4.79 Å². The first-order chi connectivity index (χ1) is 11.6. The van der Waals surface area contributed by atoms with Gasteiger partial charge in [0.2, 0.25) is 6.79 Å². The Morgan fingerprint density at radius 3 is 2.92 bits per heavy atom. The van der Waals surface area contributed by atoms with Gasteiger partial charge in [-0.15, -0.1) is 0 Å². The molecule has 0 saturated carbocycles. The minimum absolute atomic E-state index is 0.126. The molecule has 0 aromatic heterocycles. The van der Waals surface area contributed by atoms with Crippen LogP contribution < -0.4 is 20.1 Å². The molecule has 1 aromatic carbocycles. The molecule has 2 aliphatic rings. The lowest BCUT2D eigenvalue weighted by Crippen LogP contribution is -2.51. The molecule has 1 fully saturated rings. The normalized spacial score (nSPS) is 21.9. The van der Waals surface area contributed by atoms with Crippen LogP contribution in [0.15, 0.2) is 30.5 Å². The second-order valence-corrected chi connectivity index (χ2v) is 5.35. The van der Waals surface area contributed by atoms with Crippen molar-refractivity contribution in [2.24, 2.45) is 5.92 Å². The maximum atomic E-state index is 12.4. The number of hydrogen-bond donors (Lipinski definition) is 2. The molecule has 0 spiro atoms. The van der Waals surface area contributed by atoms with Gasteiger partial charge in [-0.2, -0.15) is 0 Å². The third-order valence-corrected chi connectivity index (χ3v) is 3.81. The van der Waals surface area contributed by atoms with Crippen molar-refractivity contribution in [3.63, 3.8) is 0 Å². The summed E-state index contributed by atoms with van der Waals surface area (Å²) in [6.07, 6.45) is 0. The number of benzene rings is 1. The Labute approximate surface area is 138 Å². The summed E-state index contributed by atoms with van der Waals surface area (Å²) in [7, 11) is 1.52. The summed E-state index contributed by atoms with van der Waals surface area (Å²) in [5.74, 6) is -0.0680. The highest BCUT2D eigenvalue weighted by Crippen LogP contribution is 2.37. The molecule has 0 aliphatic carbocycles. The molecule has 2 amide bonds. The maximum absolute atomic E-state index is 12.4. The summed E-state index contributed by atoms with van der Waals surface area (Å²) in [5.41, 5.74) is 0.979. The number of rotatable bonds is 5. The van der Waals surface area contributed by atoms with Gasteiger partial charge in [0.1, 0.15) is 12.5 Å². The van der Waals surface area contributed by atoms with Crippen LogP contribution in [0.1, 0.15) is 11.6 Å². The number of methoxy groups -OCH3 is 1. The average molecular weight is 334 g/mol. The van der Waals surface area contributed by atoms with Crippen LogP contribution in [0.25, 0.3) is 0 Å². The van der Waals surface area contributed by atoms with E-state index in [-0.39, 0.29) is 19.1 Å². The quantitative estimate of drug-likeness (QED) is 0.618. The first-order valence-electron chi connectivity index (χ1n) is 7.41. The van der Waals surface area contributed by atoms with Crippen molar-refractivity contribution in [1.29, 1.82) is 0 Å². The molecule has 3 rings (SSSR count). The van der Waals surface area contributed by atoms with E-state index in [2.05, 4.69) is 17.2 Å². The van der Waals surface area contributed by atoms with Crippen LogP contribution in [-0.2, 0) is 14.3 Å². The molecule has 8 nitrogen and oxygen atoms in total. The molecule has 2 aliphatic heterocycles. The number of urea groups is 1. The summed E-state index contributed by atoms with van der Waals surface area (Å²) in [5, 5.41) is 5.26. The highest BCUT2D eigenvalue weighted by molar-refractivity contribution is 5.85. The van der Waals surface area contributed by atoms with Gasteiger partial charge in [-0.25, -0.2) is 4.79 Å². The number of ether oxygens (including phenoxy) is 4. The molecule has 2 atom stereocenters. The largest absolute Gasteiger partial charge is 0.463 e. The third kappa shape index (κ3) is 3.13. The number of amides is 2. The Balaban J connectivity index is 1.85. The van der Waals surface area contributed by atoms with Gasteiger partial charge in [0.15, 0.2) is 11.5 Å². The van der Waals surface area contributed by atoms with Crippen LogP contribution in [-0.4, -0.2) is 39.1 Å². The molecule has 2 N–H and O–H groups in total. The first kappa shape index (κ1) is 16.1. The number of esters is 1. The van der Waals surface area contributed by atoms with Gasteiger partial charge < -0.3 is 29.6 Å². The first-order valence-corrected chi connectivity index (χ1v) is 7.41. The minimum Gasteiger partial charge on any atom is -0.463 e. The lowest BCUT2D eigenvalue weighted by Gasteiger charge is -2.33. The number of carbonyl (C=O) groups excluding carboxylic acids is 2. The molecule has 8 heteroatoms. The standard InChI is InChI=1S/C16H18N2O6/c1-9-13(15(19)22-6-5-21-2)14(18-16(20)17-9)10-3-4-11-12(7-10)24-8-23-11/h3-4,7,13-14H,1,5-6,8H2,2H3,(H2,17,18,20)/t13-,14+/m0/s1. The summed E-state index contributed by atoms with van der Waals surface area (Å²) in [4.78, 5) is 24.2. The Bertz CT molecular complexity index is 675. The Morgan fingerprint density at radius 2 is 2.12 bits per heavy atom. The number of carbonyl (C=O) groups is 2. The van der Waals surface area contributed by atoms with E-state index in [0.717, 1.165) is 0 Å². The molecule has 128 valence electrons. The monoisotopic (exact) mass is 334 g/mol. The topological polar surface area (TPSA) is 95.1 Å². The van der Waals surface area contributed by atoms with Crippen LogP contribution in [0.3, 0.4) is 0 Å². The third-order valence-electron chi connectivity index (χ3n) is 3.81. The molecule has 1 saturated heterocycles. The highest BCUT2D eigenvalue weighted by Gasteiger charge is 2.39. The zero-order chi connectivity index (χ0) is 17.1. The summed E-state index contributed by atoms with van der Waals surface area (Å²) in [6, 6.07) is 4.20. The molecule has 2 heterocycles. The fraction of sp³-hybridized carbons (Fsp3) is 0.375. The van der Waals surface area contributed by atoms with E-state index in [9.17, 15) is 9.59 Å². The van der Waals surface area contributed by atoms with E-state index in [0.29, 0.717) is 23.7 Å². The van der Waals surface area contributed by atoms with Crippen LogP contribution >= 0.6 is 0 Å². The Hall–Kier alpha value is -2.74. The van der Waals surface area contributed by atoms with E-state index in [4.69, 9.17) is 18.9 Å². The molecular formula is C16H18N2O6. The Kier molecular flexibility index (Phi) is 4.57. The van der Waals surface area contributed by atoms with Crippen molar-refractivity contribution in [3.05, 3.63) is 36.0 Å². The van der Waals surface area contributed by atoms with Crippen molar-refractivity contribution in [3.8, 4) is 11.5 Å². The van der Waals surface area contributed by atoms with Crippen molar-refractivity contribution in [1.82, 2.24) is 10.6 Å². The molecule has 0 bridgehead atoms. The Morgan fingerprint density at radius 1 is 1.33 bits per heavy atom. The SMILES string of the molecule is C=C1NC(=O)N[C@H](c2ccc3c(c2)OCO3)[C@H]1C(=O)OCCOC. The van der Waals surface area contributed by atoms with Crippen molar-refractivity contribution >= 4 is 12.0 Å². The van der Waals surface area contributed by atoms with Crippen LogP contribution in [0.4, 0.5) is 4.79 Å². The van der Waals surface area contributed by atoms with Crippen molar-refractivity contribution in [2.45, 2.75) is 6.04 Å². The zero-order valence-corrected chi connectivity index (χ0v) is 13.2. The molecule has 1 aromatic rings. The maximum Gasteiger partial charge on any atom is 0.319 e. The van der Waals surface area contributed by atoms with Crippen LogP contribution in [0, 0.1) is 5.92 Å². The van der Waals surface area contributed by atoms with E-state index >= 15 is 0 Å². The van der Waals surface area contributed by atoms with E-state index < -0.39 is 24.0 Å². The predicted octanol–water partition coefficient (Wildman–Crippen LogP) is 1.09. The van der Waals surface area contributed by atoms with E-state index in [1.165, 1.54) is 7.11 Å². The van der Waals surface area contributed by atoms with Gasteiger partial charge in [-0.1, -0.05) is 12.6 Å². The molecule has 0 radical (unpaired) electrons. The van der Waals surface area contributed by atoms with Crippen LogP contribution in [0.2, 0.25) is 0 Å². The highest BCUT2D eigenvalue weighted by atomic mass is 16.7. The molecule has 0 unspecified atom stereocenters. The van der Waals surface area contributed by atoms with Gasteiger partial charge in [0.25, 0.3) is 0 Å². The predicted molar refractivity (Wildman–Crippen MR) is 82.4 cm³/mol. The van der Waals surface area contributed by atoms with Crippen molar-refractivity contribution in [2.75, 3.05) is 27.1 Å². The summed E-state index contributed by atoms with van der Waals surface area (Å²) >= 11 is 0. The molecular weight excluding hydrogens is 316 g/mol. The second-order valence-electron chi connectivity index (χ2n) is 5.35. The summed E-state index contributed by atoms with van der Waals surface area (Å²) < 4.78 is 20.7.